The van der Waals surface area contributed by atoms with Gasteiger partial charge in [-0.3, -0.25) is 4.79 Å². The number of carbonyl (C=O) groups is 1. The normalized spacial score (nSPS) is 13.1. The van der Waals surface area contributed by atoms with Crippen LogP contribution in [-0.4, -0.2) is 40.2 Å². The molecule has 5 heteroatoms. The number of nitrogens with zero attached hydrogens (tertiary/aromatic N) is 1. The van der Waals surface area contributed by atoms with Gasteiger partial charge in [0, 0.05) is 24.2 Å². The summed E-state index contributed by atoms with van der Waals surface area (Å²) < 4.78 is 16.1. The van der Waals surface area contributed by atoms with Gasteiger partial charge in [-0.2, -0.15) is 0 Å². The molecule has 120 valence electrons. The molecule has 0 saturated heterocycles. The first-order valence-electron chi connectivity index (χ1n) is 7.38. The van der Waals surface area contributed by atoms with Crippen molar-refractivity contribution in [3.8, 4) is 17.2 Å². The summed E-state index contributed by atoms with van der Waals surface area (Å²) in [5.74, 6) is 1.81. The van der Waals surface area contributed by atoms with Crippen molar-refractivity contribution >= 4 is 11.5 Å². The van der Waals surface area contributed by atoms with Crippen LogP contribution in [0.15, 0.2) is 36.4 Å². The zero-order valence-corrected chi connectivity index (χ0v) is 13.5. The van der Waals surface area contributed by atoms with E-state index >= 15 is 0 Å². The molecule has 3 rings (SSSR count). The molecule has 0 radical (unpaired) electrons. The van der Waals surface area contributed by atoms with Crippen molar-refractivity contribution in [2.24, 2.45) is 0 Å². The molecule has 1 aliphatic heterocycles. The largest absolute Gasteiger partial charge is 0.497 e. The first-order chi connectivity index (χ1) is 11.1. The molecule has 1 heterocycles. The molecule has 0 aromatic heterocycles. The van der Waals surface area contributed by atoms with Crippen LogP contribution in [-0.2, 0) is 0 Å². The van der Waals surface area contributed by atoms with Crippen molar-refractivity contribution in [1.82, 2.24) is 0 Å². The van der Waals surface area contributed by atoms with Crippen molar-refractivity contribution in [3.05, 3.63) is 47.5 Å². The Morgan fingerprint density at radius 1 is 1.04 bits per heavy atom. The van der Waals surface area contributed by atoms with Crippen LogP contribution in [0.4, 0.5) is 5.69 Å². The number of hydrogen-bond donors (Lipinski definition) is 0. The number of rotatable bonds is 4. The minimum atomic E-state index is -0.0955. The van der Waals surface area contributed by atoms with Crippen LogP contribution in [0.5, 0.6) is 17.2 Å². The van der Waals surface area contributed by atoms with Crippen LogP contribution >= 0.6 is 0 Å². The maximum Gasteiger partial charge on any atom is 0.193 e. The lowest BCUT2D eigenvalue weighted by Crippen LogP contribution is -2.28. The van der Waals surface area contributed by atoms with Crippen LogP contribution in [0, 0.1) is 0 Å². The Kier molecular flexibility index (Phi) is 4.10. The van der Waals surface area contributed by atoms with E-state index in [1.807, 2.05) is 19.2 Å². The van der Waals surface area contributed by atoms with Gasteiger partial charge in [0.15, 0.2) is 5.78 Å². The van der Waals surface area contributed by atoms with Gasteiger partial charge in [-0.1, -0.05) is 0 Å². The Bertz CT molecular complexity index is 720. The molecule has 0 unspecified atom stereocenters. The zero-order valence-electron chi connectivity index (χ0n) is 13.5. The third-order valence-electron chi connectivity index (χ3n) is 3.93. The van der Waals surface area contributed by atoms with Crippen LogP contribution in [0.25, 0.3) is 0 Å². The van der Waals surface area contributed by atoms with E-state index in [0.29, 0.717) is 29.2 Å². The SMILES string of the molecule is COc1cc(OC)cc(C(=O)c2ccc3c(c2)OCCN3C)c1. The molecule has 2 aromatic rings. The van der Waals surface area contributed by atoms with Gasteiger partial charge in [0.05, 0.1) is 26.5 Å². The Hall–Kier alpha value is -2.69. The Balaban J connectivity index is 1.97. The molecular formula is C18H19NO4. The van der Waals surface area contributed by atoms with E-state index in [1.165, 1.54) is 0 Å². The average Bonchev–Trinajstić information content (AvgIpc) is 2.60. The minimum Gasteiger partial charge on any atom is -0.497 e. The minimum absolute atomic E-state index is 0.0955. The van der Waals surface area contributed by atoms with Crippen LogP contribution in [0.1, 0.15) is 15.9 Å². The van der Waals surface area contributed by atoms with Gasteiger partial charge in [-0.15, -0.1) is 0 Å². The molecule has 0 bridgehead atoms. The fourth-order valence-corrected chi connectivity index (χ4v) is 2.60. The molecular weight excluding hydrogens is 294 g/mol. The van der Waals surface area contributed by atoms with Crippen molar-refractivity contribution in [3.63, 3.8) is 0 Å². The molecule has 0 atom stereocenters. The summed E-state index contributed by atoms with van der Waals surface area (Å²) in [6, 6.07) is 10.7. The maximum atomic E-state index is 12.8. The second-order valence-electron chi connectivity index (χ2n) is 5.38. The summed E-state index contributed by atoms with van der Waals surface area (Å²) >= 11 is 0. The van der Waals surface area contributed by atoms with E-state index in [2.05, 4.69) is 4.90 Å². The summed E-state index contributed by atoms with van der Waals surface area (Å²) in [7, 11) is 5.13. The average molecular weight is 313 g/mol. The van der Waals surface area contributed by atoms with Crippen LogP contribution in [0.2, 0.25) is 0 Å². The topological polar surface area (TPSA) is 48.0 Å². The Morgan fingerprint density at radius 3 is 2.39 bits per heavy atom. The lowest BCUT2D eigenvalue weighted by atomic mass is 10.0. The van der Waals surface area contributed by atoms with Gasteiger partial charge in [0.1, 0.15) is 23.9 Å². The lowest BCUT2D eigenvalue weighted by Gasteiger charge is -2.27. The van der Waals surface area contributed by atoms with Crippen molar-refractivity contribution < 1.29 is 19.0 Å². The lowest BCUT2D eigenvalue weighted by molar-refractivity contribution is 0.103. The van der Waals surface area contributed by atoms with Gasteiger partial charge in [-0.05, 0) is 30.3 Å². The van der Waals surface area contributed by atoms with E-state index in [0.717, 1.165) is 18.0 Å². The van der Waals surface area contributed by atoms with Gasteiger partial charge in [0.2, 0.25) is 0 Å². The fourth-order valence-electron chi connectivity index (χ4n) is 2.60. The predicted octanol–water partition coefficient (Wildman–Crippen LogP) is 2.76. The summed E-state index contributed by atoms with van der Waals surface area (Å²) in [5.41, 5.74) is 2.09. The van der Waals surface area contributed by atoms with Crippen molar-refractivity contribution in [2.45, 2.75) is 0 Å². The summed E-state index contributed by atoms with van der Waals surface area (Å²) in [6.45, 7) is 1.46. The first-order valence-corrected chi connectivity index (χ1v) is 7.38. The van der Waals surface area contributed by atoms with Gasteiger partial charge >= 0.3 is 0 Å². The van der Waals surface area contributed by atoms with Crippen molar-refractivity contribution in [1.29, 1.82) is 0 Å². The molecule has 23 heavy (non-hydrogen) atoms. The van der Waals surface area contributed by atoms with Crippen molar-refractivity contribution in [2.75, 3.05) is 39.3 Å². The second-order valence-corrected chi connectivity index (χ2v) is 5.38. The van der Waals surface area contributed by atoms with Gasteiger partial charge < -0.3 is 19.1 Å². The number of likely N-dealkylation sites (N-methyl/N-ethyl adjacent to an activating group) is 1. The van der Waals surface area contributed by atoms with E-state index < -0.39 is 0 Å². The number of ketones is 1. The summed E-state index contributed by atoms with van der Waals surface area (Å²) in [5, 5.41) is 0. The number of fused-ring (bicyclic) bond motifs is 1. The maximum absolute atomic E-state index is 12.8. The van der Waals surface area contributed by atoms with Crippen LogP contribution in [0.3, 0.4) is 0 Å². The quantitative estimate of drug-likeness (QED) is 0.812. The van der Waals surface area contributed by atoms with E-state index in [-0.39, 0.29) is 5.78 Å². The molecule has 2 aromatic carbocycles. The highest BCUT2D eigenvalue weighted by Crippen LogP contribution is 2.32. The fraction of sp³-hybridized carbons (Fsp3) is 0.278. The molecule has 0 amide bonds. The number of benzene rings is 2. The third kappa shape index (κ3) is 2.95. The molecule has 0 N–H and O–H groups in total. The highest BCUT2D eigenvalue weighted by Gasteiger charge is 2.18. The monoisotopic (exact) mass is 313 g/mol. The smallest absolute Gasteiger partial charge is 0.193 e. The van der Waals surface area contributed by atoms with E-state index in [9.17, 15) is 4.79 Å². The van der Waals surface area contributed by atoms with Crippen LogP contribution < -0.4 is 19.1 Å². The number of hydrogen-bond acceptors (Lipinski definition) is 5. The summed E-state index contributed by atoms with van der Waals surface area (Å²) in [4.78, 5) is 14.9. The first kappa shape index (κ1) is 15.2. The molecule has 5 nitrogen and oxygen atoms in total. The molecule has 0 spiro atoms. The van der Waals surface area contributed by atoms with Gasteiger partial charge in [-0.25, -0.2) is 0 Å². The van der Waals surface area contributed by atoms with E-state index in [1.54, 1.807) is 38.5 Å². The molecule has 1 aliphatic rings. The third-order valence-corrected chi connectivity index (χ3v) is 3.93. The number of methoxy groups -OCH3 is 2. The number of carbonyl (C=O) groups excluding carboxylic acids is 1. The predicted molar refractivity (Wildman–Crippen MR) is 88.2 cm³/mol. The zero-order chi connectivity index (χ0) is 16.4. The molecule has 0 saturated carbocycles. The Morgan fingerprint density at radius 2 is 1.74 bits per heavy atom. The highest BCUT2D eigenvalue weighted by atomic mass is 16.5. The Labute approximate surface area is 135 Å². The number of anilines is 1. The summed E-state index contributed by atoms with van der Waals surface area (Å²) in [6.07, 6.45) is 0. The standard InChI is InChI=1S/C18H19NO4/c1-19-6-7-23-17-10-12(4-5-16(17)19)18(20)13-8-14(21-2)11-15(9-13)22-3/h4-5,8-11H,6-7H2,1-3H3. The van der Waals surface area contributed by atoms with E-state index in [4.69, 9.17) is 14.2 Å². The highest BCUT2D eigenvalue weighted by molar-refractivity contribution is 6.10. The molecule has 0 fully saturated rings. The number of ether oxygens (including phenoxy) is 3. The second kappa shape index (κ2) is 6.20. The molecule has 0 aliphatic carbocycles. The van der Waals surface area contributed by atoms with Gasteiger partial charge in [0.25, 0.3) is 0 Å².